The van der Waals surface area contributed by atoms with Crippen LogP contribution in [0.1, 0.15) is 13.3 Å². The molecule has 2 N–H and O–H groups in total. The normalized spacial score (nSPS) is 18.8. The number of carbonyl (C=O) groups excluding carboxylic acids is 1. The highest BCUT2D eigenvalue weighted by atomic mass is 16.1. The van der Waals surface area contributed by atoms with E-state index >= 15 is 0 Å². The summed E-state index contributed by atoms with van der Waals surface area (Å²) in [6.45, 7) is 1.67. The van der Waals surface area contributed by atoms with Gasteiger partial charge in [0.2, 0.25) is 0 Å². The number of hydrogen-bond donors (Lipinski definition) is 1. The molecule has 0 amide bonds. The smallest absolute Gasteiger partial charge is 0.193 e. The number of rotatable bonds is 2. The molecule has 3 heteroatoms. The van der Waals surface area contributed by atoms with E-state index in [2.05, 4.69) is 4.99 Å². The molecule has 1 rings (SSSR count). The number of allylic oxidation sites excluding steroid dienone is 1. The molecule has 0 saturated carbocycles. The number of Topliss-reactive ketones (excluding diaryl/α,β-unsaturated/α-hetero) is 1. The van der Waals surface area contributed by atoms with Crippen LogP contribution >= 0.6 is 0 Å². The Kier molecular flexibility index (Phi) is 1.97. The predicted molar refractivity (Wildman–Crippen MR) is 39.8 cm³/mol. The Morgan fingerprint density at radius 2 is 2.60 bits per heavy atom. The second-order valence-corrected chi connectivity index (χ2v) is 2.32. The zero-order chi connectivity index (χ0) is 7.56. The van der Waals surface area contributed by atoms with Crippen molar-refractivity contribution in [1.29, 1.82) is 0 Å². The molecule has 0 saturated heterocycles. The van der Waals surface area contributed by atoms with E-state index in [1.807, 2.05) is 6.08 Å². The number of nitrogens with two attached hydrogens (primary N) is 1. The van der Waals surface area contributed by atoms with Gasteiger partial charge in [0.1, 0.15) is 0 Å². The second kappa shape index (κ2) is 2.75. The SMILES string of the molecule is C[C@H](N)C(=O)C1=NC=CC1. The molecule has 0 aromatic carbocycles. The molecular formula is C7H10N2O. The fraction of sp³-hybridized carbons (Fsp3) is 0.429. The van der Waals surface area contributed by atoms with E-state index in [0.717, 1.165) is 0 Å². The lowest BCUT2D eigenvalue weighted by Gasteiger charge is -2.01. The molecule has 54 valence electrons. The number of ketones is 1. The summed E-state index contributed by atoms with van der Waals surface area (Å²) in [6, 6.07) is -0.418. The molecule has 1 atom stereocenters. The highest BCUT2D eigenvalue weighted by molar-refractivity contribution is 6.42. The maximum absolute atomic E-state index is 11.0. The van der Waals surface area contributed by atoms with Gasteiger partial charge in [-0.2, -0.15) is 0 Å². The van der Waals surface area contributed by atoms with Gasteiger partial charge in [0.15, 0.2) is 5.78 Å². The van der Waals surface area contributed by atoms with E-state index in [1.54, 1.807) is 13.1 Å². The zero-order valence-corrected chi connectivity index (χ0v) is 5.87. The maximum Gasteiger partial charge on any atom is 0.193 e. The average Bonchev–Trinajstić information content (AvgIpc) is 2.36. The van der Waals surface area contributed by atoms with Gasteiger partial charge in [-0.15, -0.1) is 0 Å². The van der Waals surface area contributed by atoms with Crippen molar-refractivity contribution in [2.75, 3.05) is 0 Å². The molecule has 0 aromatic heterocycles. The highest BCUT2D eigenvalue weighted by Crippen LogP contribution is 2.01. The molecule has 1 heterocycles. The van der Waals surface area contributed by atoms with Crippen LogP contribution < -0.4 is 5.73 Å². The first-order valence-electron chi connectivity index (χ1n) is 3.23. The van der Waals surface area contributed by atoms with Crippen LogP contribution in [0.2, 0.25) is 0 Å². The van der Waals surface area contributed by atoms with Crippen molar-refractivity contribution in [3.05, 3.63) is 12.3 Å². The Hall–Kier alpha value is -0.960. The lowest BCUT2D eigenvalue weighted by molar-refractivity contribution is -0.113. The van der Waals surface area contributed by atoms with E-state index in [1.165, 1.54) is 0 Å². The fourth-order valence-corrected chi connectivity index (χ4v) is 0.787. The van der Waals surface area contributed by atoms with Crippen LogP contribution in [0, 0.1) is 0 Å². The summed E-state index contributed by atoms with van der Waals surface area (Å²) < 4.78 is 0. The molecule has 0 unspecified atom stereocenters. The quantitative estimate of drug-likeness (QED) is 0.595. The van der Waals surface area contributed by atoms with Crippen molar-refractivity contribution >= 4 is 11.5 Å². The summed E-state index contributed by atoms with van der Waals surface area (Å²) in [6.07, 6.45) is 4.12. The van der Waals surface area contributed by atoms with Crippen molar-refractivity contribution in [2.24, 2.45) is 10.7 Å². The minimum Gasteiger partial charge on any atom is -0.321 e. The molecular weight excluding hydrogens is 128 g/mol. The molecule has 1 aliphatic rings. The summed E-state index contributed by atoms with van der Waals surface area (Å²) in [7, 11) is 0. The predicted octanol–water partition coefficient (Wildman–Crippen LogP) is 0.261. The summed E-state index contributed by atoms with van der Waals surface area (Å²) in [4.78, 5) is 14.9. The standard InChI is InChI=1S/C7H10N2O/c1-5(8)7(10)6-3-2-4-9-6/h2,4-5H,3,8H2,1H3/t5-/m0/s1. The first-order valence-corrected chi connectivity index (χ1v) is 3.23. The average molecular weight is 138 g/mol. The van der Waals surface area contributed by atoms with Gasteiger partial charge in [-0.3, -0.25) is 9.79 Å². The fourth-order valence-electron chi connectivity index (χ4n) is 0.787. The molecule has 0 radical (unpaired) electrons. The first kappa shape index (κ1) is 7.15. The molecule has 0 bridgehead atoms. The molecule has 0 aliphatic carbocycles. The van der Waals surface area contributed by atoms with Gasteiger partial charge in [0, 0.05) is 12.6 Å². The van der Waals surface area contributed by atoms with Gasteiger partial charge in [-0.1, -0.05) is 6.08 Å². The molecule has 1 aliphatic heterocycles. The van der Waals surface area contributed by atoms with Gasteiger partial charge >= 0.3 is 0 Å². The van der Waals surface area contributed by atoms with Crippen molar-refractivity contribution in [2.45, 2.75) is 19.4 Å². The van der Waals surface area contributed by atoms with Gasteiger partial charge in [-0.25, -0.2) is 0 Å². The lowest BCUT2D eigenvalue weighted by atomic mass is 10.1. The van der Waals surface area contributed by atoms with Gasteiger partial charge in [0.25, 0.3) is 0 Å². The molecule has 0 spiro atoms. The Bertz CT molecular complexity index is 204. The molecule has 0 aromatic rings. The lowest BCUT2D eigenvalue weighted by Crippen LogP contribution is -2.32. The van der Waals surface area contributed by atoms with Gasteiger partial charge in [0.05, 0.1) is 11.8 Å². The monoisotopic (exact) mass is 138 g/mol. The van der Waals surface area contributed by atoms with E-state index in [9.17, 15) is 4.79 Å². The maximum atomic E-state index is 11.0. The Morgan fingerprint density at radius 1 is 1.90 bits per heavy atom. The summed E-state index contributed by atoms with van der Waals surface area (Å²) in [5.74, 6) is -0.0509. The van der Waals surface area contributed by atoms with Crippen LogP contribution in [0.4, 0.5) is 0 Å². The Balaban J connectivity index is 2.59. The number of aliphatic imine (C=N–C) groups is 1. The minimum absolute atomic E-state index is 0.0509. The molecule has 3 nitrogen and oxygen atoms in total. The third-order valence-corrected chi connectivity index (χ3v) is 1.34. The van der Waals surface area contributed by atoms with Crippen molar-refractivity contribution < 1.29 is 4.79 Å². The van der Waals surface area contributed by atoms with Gasteiger partial charge < -0.3 is 5.73 Å². The van der Waals surface area contributed by atoms with Crippen molar-refractivity contribution in [1.82, 2.24) is 0 Å². The zero-order valence-electron chi connectivity index (χ0n) is 5.87. The van der Waals surface area contributed by atoms with Crippen LogP contribution in [-0.4, -0.2) is 17.5 Å². The van der Waals surface area contributed by atoms with E-state index in [-0.39, 0.29) is 5.78 Å². The van der Waals surface area contributed by atoms with Crippen molar-refractivity contribution in [3.8, 4) is 0 Å². The van der Waals surface area contributed by atoms with E-state index < -0.39 is 6.04 Å². The van der Waals surface area contributed by atoms with Gasteiger partial charge in [-0.05, 0) is 6.92 Å². The molecule has 10 heavy (non-hydrogen) atoms. The second-order valence-electron chi connectivity index (χ2n) is 2.32. The third-order valence-electron chi connectivity index (χ3n) is 1.34. The van der Waals surface area contributed by atoms with Crippen LogP contribution in [0.5, 0.6) is 0 Å². The van der Waals surface area contributed by atoms with E-state index in [4.69, 9.17) is 5.73 Å². The Labute approximate surface area is 59.6 Å². The first-order chi connectivity index (χ1) is 4.72. The van der Waals surface area contributed by atoms with Crippen LogP contribution in [0.15, 0.2) is 17.3 Å². The number of hydrogen-bond acceptors (Lipinski definition) is 3. The van der Waals surface area contributed by atoms with E-state index in [0.29, 0.717) is 12.1 Å². The van der Waals surface area contributed by atoms with Crippen LogP contribution in [0.25, 0.3) is 0 Å². The topological polar surface area (TPSA) is 55.5 Å². The van der Waals surface area contributed by atoms with Crippen LogP contribution in [0.3, 0.4) is 0 Å². The Morgan fingerprint density at radius 3 is 3.00 bits per heavy atom. The summed E-state index contributed by atoms with van der Waals surface area (Å²) in [5.41, 5.74) is 5.94. The third kappa shape index (κ3) is 1.30. The number of carbonyl (C=O) groups is 1. The molecule has 0 fully saturated rings. The largest absolute Gasteiger partial charge is 0.321 e. The minimum atomic E-state index is -0.418. The number of nitrogens with zero attached hydrogens (tertiary/aromatic N) is 1. The highest BCUT2D eigenvalue weighted by Gasteiger charge is 2.15. The van der Waals surface area contributed by atoms with Crippen molar-refractivity contribution in [3.63, 3.8) is 0 Å². The van der Waals surface area contributed by atoms with Crippen LogP contribution in [-0.2, 0) is 4.79 Å². The summed E-state index contributed by atoms with van der Waals surface area (Å²) >= 11 is 0. The summed E-state index contributed by atoms with van der Waals surface area (Å²) in [5, 5.41) is 0.